The number of rotatable bonds is 8. The van der Waals surface area contributed by atoms with Crippen LogP contribution in [-0.2, 0) is 16.1 Å². The summed E-state index contributed by atoms with van der Waals surface area (Å²) >= 11 is 0. The van der Waals surface area contributed by atoms with E-state index in [9.17, 15) is 9.90 Å². The van der Waals surface area contributed by atoms with Gasteiger partial charge in [0.25, 0.3) is 0 Å². The van der Waals surface area contributed by atoms with Gasteiger partial charge >= 0.3 is 5.97 Å². The Morgan fingerprint density at radius 3 is 2.39 bits per heavy atom. The molecular weight excluding hydrogens is 416 g/mol. The van der Waals surface area contributed by atoms with E-state index in [-0.39, 0.29) is 5.92 Å². The second-order valence-electron chi connectivity index (χ2n) is 8.86. The van der Waals surface area contributed by atoms with Gasteiger partial charge in [-0.2, -0.15) is 5.10 Å². The molecule has 1 aliphatic rings. The second kappa shape index (κ2) is 10.2. The lowest BCUT2D eigenvalue weighted by molar-refractivity contribution is -0.153. The number of nitrogens with zero attached hydrogens (tertiary/aromatic N) is 2. The highest BCUT2D eigenvalue weighted by Crippen LogP contribution is 2.38. The molecule has 0 saturated heterocycles. The minimum Gasteiger partial charge on any atom is -0.497 e. The molecule has 1 atom stereocenters. The zero-order chi connectivity index (χ0) is 23.4. The van der Waals surface area contributed by atoms with Crippen molar-refractivity contribution in [2.75, 3.05) is 14.2 Å². The Balaban J connectivity index is 1.61. The van der Waals surface area contributed by atoms with E-state index in [2.05, 4.69) is 35.9 Å². The summed E-state index contributed by atoms with van der Waals surface area (Å²) in [5.74, 6) is 0.505. The van der Waals surface area contributed by atoms with Crippen LogP contribution in [0.15, 0.2) is 54.6 Å². The number of benzene rings is 2. The summed E-state index contributed by atoms with van der Waals surface area (Å²) in [6.45, 7) is 2.96. The molecule has 0 spiro atoms. The molecule has 6 nitrogen and oxygen atoms in total. The van der Waals surface area contributed by atoms with Crippen molar-refractivity contribution in [1.82, 2.24) is 9.78 Å². The van der Waals surface area contributed by atoms with E-state index in [0.29, 0.717) is 5.92 Å². The summed E-state index contributed by atoms with van der Waals surface area (Å²) in [4.78, 5) is 11.5. The first kappa shape index (κ1) is 23.1. The predicted molar refractivity (Wildman–Crippen MR) is 128 cm³/mol. The Kier molecular flexibility index (Phi) is 7.14. The van der Waals surface area contributed by atoms with E-state index in [1.54, 1.807) is 7.11 Å². The number of carboxylic acid groups (broad SMARTS) is 1. The van der Waals surface area contributed by atoms with Crippen molar-refractivity contribution in [3.8, 4) is 28.1 Å². The number of carboxylic acids is 1. The number of hydrogen-bond acceptors (Lipinski definition) is 4. The molecular formula is C27H32N2O4. The Morgan fingerprint density at radius 1 is 1.06 bits per heavy atom. The maximum atomic E-state index is 11.5. The van der Waals surface area contributed by atoms with Crippen molar-refractivity contribution >= 4 is 5.97 Å². The van der Waals surface area contributed by atoms with Crippen LogP contribution in [0.4, 0.5) is 0 Å². The molecule has 0 bridgehead atoms. The molecule has 0 amide bonds. The highest BCUT2D eigenvalue weighted by molar-refractivity contribution is 5.83. The average Bonchev–Trinajstić information content (AvgIpc) is 3.16. The van der Waals surface area contributed by atoms with Crippen LogP contribution in [0.1, 0.15) is 31.4 Å². The topological polar surface area (TPSA) is 73.6 Å². The van der Waals surface area contributed by atoms with E-state index < -0.39 is 12.1 Å². The Bertz CT molecular complexity index is 1080. The lowest BCUT2D eigenvalue weighted by Gasteiger charge is -2.31. The van der Waals surface area contributed by atoms with Crippen molar-refractivity contribution in [1.29, 1.82) is 0 Å². The molecule has 1 aromatic heterocycles. The predicted octanol–water partition coefficient (Wildman–Crippen LogP) is 5.44. The average molecular weight is 449 g/mol. The molecule has 0 radical (unpaired) electrons. The maximum Gasteiger partial charge on any atom is 0.333 e. The maximum absolute atomic E-state index is 11.5. The fraction of sp³-hybridized carbons (Fsp3) is 0.407. The van der Waals surface area contributed by atoms with Gasteiger partial charge in [0.05, 0.1) is 7.11 Å². The van der Waals surface area contributed by atoms with E-state index in [4.69, 9.17) is 14.6 Å². The number of ether oxygens (including phenoxy) is 2. The summed E-state index contributed by atoms with van der Waals surface area (Å²) in [6, 6.07) is 18.4. The van der Waals surface area contributed by atoms with Gasteiger partial charge < -0.3 is 14.6 Å². The summed E-state index contributed by atoms with van der Waals surface area (Å²) in [5, 5.41) is 14.5. The molecule has 1 aliphatic carbocycles. The SMILES string of the molecule is COc1cccc(-c2c(-c3ccccc3)nn(C[C@H]3CC[C@H](C(OC)C(=O)O)CC3)c2C)c1. The highest BCUT2D eigenvalue weighted by atomic mass is 16.5. The summed E-state index contributed by atoms with van der Waals surface area (Å²) in [6.07, 6.45) is 2.98. The number of methoxy groups -OCH3 is 2. The molecule has 1 saturated carbocycles. The molecule has 1 heterocycles. The molecule has 2 aromatic carbocycles. The number of hydrogen-bond donors (Lipinski definition) is 1. The van der Waals surface area contributed by atoms with E-state index >= 15 is 0 Å². The van der Waals surface area contributed by atoms with Crippen molar-refractivity contribution in [2.45, 2.75) is 45.3 Å². The number of carbonyl (C=O) groups is 1. The lowest BCUT2D eigenvalue weighted by atomic mass is 9.79. The minimum atomic E-state index is -0.862. The van der Waals surface area contributed by atoms with Gasteiger partial charge in [0.1, 0.15) is 11.4 Å². The first-order chi connectivity index (χ1) is 16.0. The first-order valence-corrected chi connectivity index (χ1v) is 11.5. The van der Waals surface area contributed by atoms with Crippen LogP contribution in [0.3, 0.4) is 0 Å². The summed E-state index contributed by atoms with van der Waals surface area (Å²) in [5.41, 5.74) is 5.40. The van der Waals surface area contributed by atoms with Crippen LogP contribution in [0.5, 0.6) is 5.75 Å². The van der Waals surface area contributed by atoms with Gasteiger partial charge in [0.15, 0.2) is 6.10 Å². The van der Waals surface area contributed by atoms with Gasteiger partial charge in [-0.3, -0.25) is 4.68 Å². The molecule has 6 heteroatoms. The van der Waals surface area contributed by atoms with E-state index in [1.807, 2.05) is 30.3 Å². The zero-order valence-corrected chi connectivity index (χ0v) is 19.5. The standard InChI is InChI=1S/C27H32N2O4/c1-18-24(22-10-7-11-23(16-22)32-2)25(20-8-5-4-6-9-20)28-29(18)17-19-12-14-21(15-13-19)26(33-3)27(30)31/h4-11,16,19,21,26H,12-15,17H2,1-3H3,(H,30,31)/t19-,21-,26?. The van der Waals surface area contributed by atoms with Crippen molar-refractivity contribution < 1.29 is 19.4 Å². The van der Waals surface area contributed by atoms with Crippen LogP contribution in [0.2, 0.25) is 0 Å². The summed E-state index contributed by atoms with van der Waals surface area (Å²) < 4.78 is 12.8. The monoisotopic (exact) mass is 448 g/mol. The molecule has 174 valence electrons. The van der Waals surface area contributed by atoms with Gasteiger partial charge in [0.2, 0.25) is 0 Å². The van der Waals surface area contributed by atoms with E-state index in [0.717, 1.165) is 66.1 Å². The molecule has 1 N–H and O–H groups in total. The van der Waals surface area contributed by atoms with Crippen molar-refractivity contribution in [2.24, 2.45) is 11.8 Å². The highest BCUT2D eigenvalue weighted by Gasteiger charge is 2.32. The van der Waals surface area contributed by atoms with Crippen LogP contribution in [0, 0.1) is 18.8 Å². The zero-order valence-electron chi connectivity index (χ0n) is 19.5. The Morgan fingerprint density at radius 2 is 1.76 bits per heavy atom. The Labute approximate surface area is 195 Å². The third kappa shape index (κ3) is 4.96. The minimum absolute atomic E-state index is 0.0784. The second-order valence-corrected chi connectivity index (χ2v) is 8.86. The normalized spacial score (nSPS) is 19.2. The number of aromatic nitrogens is 2. The quantitative estimate of drug-likeness (QED) is 0.497. The number of aliphatic carboxylic acids is 1. The Hall–Kier alpha value is -3.12. The molecule has 1 unspecified atom stereocenters. The van der Waals surface area contributed by atoms with Gasteiger partial charge in [-0.05, 0) is 62.1 Å². The van der Waals surface area contributed by atoms with Gasteiger partial charge in [-0.25, -0.2) is 4.79 Å². The molecule has 4 rings (SSSR count). The van der Waals surface area contributed by atoms with Gasteiger partial charge in [-0.1, -0.05) is 42.5 Å². The van der Waals surface area contributed by atoms with E-state index in [1.165, 1.54) is 7.11 Å². The largest absolute Gasteiger partial charge is 0.497 e. The van der Waals surface area contributed by atoms with Crippen molar-refractivity contribution in [3.63, 3.8) is 0 Å². The fourth-order valence-corrected chi connectivity index (χ4v) is 5.06. The molecule has 0 aliphatic heterocycles. The smallest absolute Gasteiger partial charge is 0.333 e. The van der Waals surface area contributed by atoms with Gasteiger partial charge in [0, 0.05) is 30.5 Å². The molecule has 33 heavy (non-hydrogen) atoms. The third-order valence-electron chi connectivity index (χ3n) is 6.86. The molecule has 1 fully saturated rings. The molecule has 3 aromatic rings. The lowest BCUT2D eigenvalue weighted by Crippen LogP contribution is -2.34. The van der Waals surface area contributed by atoms with Crippen LogP contribution < -0.4 is 4.74 Å². The van der Waals surface area contributed by atoms with Crippen LogP contribution in [0.25, 0.3) is 22.4 Å². The van der Waals surface area contributed by atoms with Gasteiger partial charge in [-0.15, -0.1) is 0 Å². The van der Waals surface area contributed by atoms with Crippen LogP contribution >= 0.6 is 0 Å². The third-order valence-corrected chi connectivity index (χ3v) is 6.86. The van der Waals surface area contributed by atoms with Crippen molar-refractivity contribution in [3.05, 3.63) is 60.3 Å². The van der Waals surface area contributed by atoms with Crippen LogP contribution in [-0.4, -0.2) is 41.2 Å². The fourth-order valence-electron chi connectivity index (χ4n) is 5.06. The first-order valence-electron chi connectivity index (χ1n) is 11.5. The summed E-state index contributed by atoms with van der Waals surface area (Å²) in [7, 11) is 3.17.